The lowest BCUT2D eigenvalue weighted by Gasteiger charge is -2.30. The summed E-state index contributed by atoms with van der Waals surface area (Å²) >= 11 is 5.44. The van der Waals surface area contributed by atoms with E-state index in [9.17, 15) is 4.79 Å². The maximum absolute atomic E-state index is 10.8. The van der Waals surface area contributed by atoms with Crippen LogP contribution in [0.4, 0.5) is 0 Å². The molecule has 1 heterocycles. The van der Waals surface area contributed by atoms with Gasteiger partial charge in [-0.1, -0.05) is 0 Å². The minimum atomic E-state index is -0.134. The Morgan fingerprint density at radius 3 is 2.17 bits per heavy atom. The summed E-state index contributed by atoms with van der Waals surface area (Å²) in [6.45, 7) is 2.15. The van der Waals surface area contributed by atoms with Crippen LogP contribution in [0.2, 0.25) is 0 Å². The molecule has 2 fully saturated rings. The van der Waals surface area contributed by atoms with Crippen LogP contribution in [0.15, 0.2) is 0 Å². The average molecular weight is 188 g/mol. The van der Waals surface area contributed by atoms with E-state index in [0.717, 1.165) is 32.0 Å². The second-order valence-corrected chi connectivity index (χ2v) is 4.22. The quantitative estimate of drug-likeness (QED) is 0.613. The van der Waals surface area contributed by atoms with Gasteiger partial charge in [0.1, 0.15) is 0 Å². The predicted molar refractivity (Wildman–Crippen MR) is 48.2 cm³/mol. The van der Waals surface area contributed by atoms with Crippen LogP contribution in [0.3, 0.4) is 0 Å². The van der Waals surface area contributed by atoms with Gasteiger partial charge in [0, 0.05) is 12.0 Å². The molecule has 0 N–H and O–H groups in total. The highest BCUT2D eigenvalue weighted by atomic mass is 35.5. The summed E-state index contributed by atoms with van der Waals surface area (Å²) in [6.07, 6.45) is 4.66. The summed E-state index contributed by atoms with van der Waals surface area (Å²) in [7, 11) is 0. The van der Waals surface area contributed by atoms with Gasteiger partial charge in [-0.2, -0.15) is 0 Å². The third-order valence-electron chi connectivity index (χ3n) is 2.91. The van der Waals surface area contributed by atoms with Crippen LogP contribution >= 0.6 is 11.6 Å². The molecule has 68 valence electrons. The molecule has 0 aromatic rings. The first-order valence-electron chi connectivity index (χ1n) is 4.71. The number of piperidine rings is 1. The molecule has 0 atom stereocenters. The number of hydrogen-bond donors (Lipinski definition) is 0. The normalized spacial score (nSPS) is 27.4. The standard InChI is InChI=1S/C9H14ClNO/c10-9(12)7-3-5-11(6-4-7)8-1-2-8/h7-8H,1-6H2. The Balaban J connectivity index is 1.80. The van der Waals surface area contributed by atoms with Gasteiger partial charge in [-0.3, -0.25) is 4.79 Å². The number of halogens is 1. The van der Waals surface area contributed by atoms with Gasteiger partial charge in [0.05, 0.1) is 0 Å². The van der Waals surface area contributed by atoms with Gasteiger partial charge < -0.3 is 4.90 Å². The monoisotopic (exact) mass is 187 g/mol. The van der Waals surface area contributed by atoms with E-state index < -0.39 is 0 Å². The summed E-state index contributed by atoms with van der Waals surface area (Å²) in [4.78, 5) is 13.3. The number of carbonyl (C=O) groups is 1. The van der Waals surface area contributed by atoms with E-state index in [4.69, 9.17) is 11.6 Å². The smallest absolute Gasteiger partial charge is 0.224 e. The largest absolute Gasteiger partial charge is 0.300 e. The highest BCUT2D eigenvalue weighted by molar-refractivity contribution is 6.63. The summed E-state index contributed by atoms with van der Waals surface area (Å²) in [5, 5.41) is -0.134. The Morgan fingerprint density at radius 2 is 1.75 bits per heavy atom. The van der Waals surface area contributed by atoms with Crippen molar-refractivity contribution < 1.29 is 4.79 Å². The van der Waals surface area contributed by atoms with Crippen LogP contribution in [0.5, 0.6) is 0 Å². The lowest BCUT2D eigenvalue weighted by atomic mass is 9.98. The Kier molecular flexibility index (Phi) is 2.37. The number of likely N-dealkylation sites (tertiary alicyclic amines) is 1. The number of nitrogens with zero attached hydrogens (tertiary/aromatic N) is 1. The third kappa shape index (κ3) is 1.80. The van der Waals surface area contributed by atoms with Gasteiger partial charge in [-0.05, 0) is 50.4 Å². The molecular formula is C9H14ClNO. The Labute approximate surface area is 77.9 Å². The molecule has 12 heavy (non-hydrogen) atoms. The lowest BCUT2D eigenvalue weighted by molar-refractivity contribution is -0.116. The van der Waals surface area contributed by atoms with Gasteiger partial charge in [0.2, 0.25) is 5.24 Å². The topological polar surface area (TPSA) is 20.3 Å². The molecule has 2 aliphatic rings. The van der Waals surface area contributed by atoms with Crippen molar-refractivity contribution in [3.05, 3.63) is 0 Å². The molecule has 0 spiro atoms. The fraction of sp³-hybridized carbons (Fsp3) is 0.889. The zero-order valence-electron chi connectivity index (χ0n) is 7.13. The zero-order valence-corrected chi connectivity index (χ0v) is 7.89. The third-order valence-corrected chi connectivity index (χ3v) is 3.22. The molecule has 2 nitrogen and oxygen atoms in total. The predicted octanol–water partition coefficient (Wildman–Crippen LogP) is 1.63. The Hall–Kier alpha value is -0.0800. The Bertz CT molecular complexity index is 183. The minimum absolute atomic E-state index is 0.134. The number of hydrogen-bond acceptors (Lipinski definition) is 2. The molecule has 1 aliphatic heterocycles. The fourth-order valence-electron chi connectivity index (χ4n) is 1.93. The molecule has 1 saturated heterocycles. The molecule has 1 aliphatic carbocycles. The van der Waals surface area contributed by atoms with Crippen LogP contribution < -0.4 is 0 Å². The maximum atomic E-state index is 10.8. The SMILES string of the molecule is O=C(Cl)C1CCN(C2CC2)CC1. The van der Waals surface area contributed by atoms with E-state index in [1.165, 1.54) is 12.8 Å². The van der Waals surface area contributed by atoms with E-state index in [-0.39, 0.29) is 11.2 Å². The molecule has 3 heteroatoms. The van der Waals surface area contributed by atoms with Crippen LogP contribution in [-0.2, 0) is 4.79 Å². The highest BCUT2D eigenvalue weighted by Crippen LogP contribution is 2.31. The van der Waals surface area contributed by atoms with Gasteiger partial charge >= 0.3 is 0 Å². The lowest BCUT2D eigenvalue weighted by Crippen LogP contribution is -2.36. The van der Waals surface area contributed by atoms with Crippen LogP contribution in [0.1, 0.15) is 25.7 Å². The summed E-state index contributed by atoms with van der Waals surface area (Å²) in [6, 6.07) is 0.844. The van der Waals surface area contributed by atoms with Gasteiger partial charge in [-0.25, -0.2) is 0 Å². The van der Waals surface area contributed by atoms with Crippen LogP contribution in [-0.4, -0.2) is 29.3 Å². The molecule has 1 saturated carbocycles. The molecule has 0 radical (unpaired) electrons. The van der Waals surface area contributed by atoms with Gasteiger partial charge in [0.25, 0.3) is 0 Å². The second kappa shape index (κ2) is 3.35. The fourth-order valence-corrected chi connectivity index (χ4v) is 2.15. The van der Waals surface area contributed by atoms with Gasteiger partial charge in [0.15, 0.2) is 0 Å². The molecule has 0 aromatic heterocycles. The maximum Gasteiger partial charge on any atom is 0.224 e. The van der Waals surface area contributed by atoms with E-state index in [2.05, 4.69) is 4.90 Å². The first-order valence-corrected chi connectivity index (χ1v) is 5.08. The van der Waals surface area contributed by atoms with E-state index in [1.807, 2.05) is 0 Å². The van der Waals surface area contributed by atoms with Crippen molar-refractivity contribution in [2.24, 2.45) is 5.92 Å². The van der Waals surface area contributed by atoms with Crippen molar-refractivity contribution in [1.29, 1.82) is 0 Å². The van der Waals surface area contributed by atoms with Crippen LogP contribution in [0, 0.1) is 5.92 Å². The van der Waals surface area contributed by atoms with Crippen molar-refractivity contribution in [2.45, 2.75) is 31.7 Å². The van der Waals surface area contributed by atoms with E-state index >= 15 is 0 Å². The molecule has 2 rings (SSSR count). The molecule has 0 aromatic carbocycles. The molecular weight excluding hydrogens is 174 g/mol. The molecule has 0 bridgehead atoms. The van der Waals surface area contributed by atoms with E-state index in [0.29, 0.717) is 0 Å². The van der Waals surface area contributed by atoms with Gasteiger partial charge in [-0.15, -0.1) is 0 Å². The van der Waals surface area contributed by atoms with Crippen molar-refractivity contribution in [3.8, 4) is 0 Å². The minimum Gasteiger partial charge on any atom is -0.300 e. The summed E-state index contributed by atoms with van der Waals surface area (Å²) in [5.41, 5.74) is 0. The van der Waals surface area contributed by atoms with Crippen LogP contribution in [0.25, 0.3) is 0 Å². The van der Waals surface area contributed by atoms with Crippen molar-refractivity contribution in [2.75, 3.05) is 13.1 Å². The van der Waals surface area contributed by atoms with E-state index in [1.54, 1.807) is 0 Å². The van der Waals surface area contributed by atoms with Crippen molar-refractivity contribution >= 4 is 16.8 Å². The number of rotatable bonds is 2. The first kappa shape index (κ1) is 8.52. The highest BCUT2D eigenvalue weighted by Gasteiger charge is 2.33. The van der Waals surface area contributed by atoms with Crippen molar-refractivity contribution in [1.82, 2.24) is 4.90 Å². The molecule has 0 amide bonds. The van der Waals surface area contributed by atoms with Crippen molar-refractivity contribution in [3.63, 3.8) is 0 Å². The Morgan fingerprint density at radius 1 is 1.17 bits per heavy atom. The molecule has 0 unspecified atom stereocenters. The number of carbonyl (C=O) groups excluding carboxylic acids is 1. The average Bonchev–Trinajstić information content (AvgIpc) is 2.87. The summed E-state index contributed by atoms with van der Waals surface area (Å²) in [5.74, 6) is 0.140. The second-order valence-electron chi connectivity index (χ2n) is 3.85. The first-order chi connectivity index (χ1) is 5.77. The zero-order chi connectivity index (χ0) is 8.55. The summed E-state index contributed by atoms with van der Waals surface area (Å²) < 4.78 is 0.